The summed E-state index contributed by atoms with van der Waals surface area (Å²) in [5.41, 5.74) is 2.51. The first kappa shape index (κ1) is 19.3. The first-order valence-corrected chi connectivity index (χ1v) is 11.9. The molecule has 1 N–H and O–H groups in total. The molecule has 4 aliphatic rings. The smallest absolute Gasteiger partial charge is 0.270 e. The Bertz CT molecular complexity index is 852. The van der Waals surface area contributed by atoms with Crippen LogP contribution in [0.2, 0.25) is 0 Å². The van der Waals surface area contributed by atoms with Crippen molar-refractivity contribution in [2.45, 2.75) is 64.5 Å². The number of nitrogens with one attached hydrogen (secondary N) is 1. The van der Waals surface area contributed by atoms with Crippen LogP contribution < -0.4 is 5.32 Å². The minimum absolute atomic E-state index is 0.0220. The van der Waals surface area contributed by atoms with E-state index in [0.717, 1.165) is 19.3 Å². The van der Waals surface area contributed by atoms with E-state index in [4.69, 9.17) is 0 Å². The van der Waals surface area contributed by atoms with Crippen LogP contribution in [-0.4, -0.2) is 40.8 Å². The van der Waals surface area contributed by atoms with Gasteiger partial charge in [-0.25, -0.2) is 4.98 Å². The summed E-state index contributed by atoms with van der Waals surface area (Å²) in [5, 5.41) is 5.16. The third-order valence-electron chi connectivity index (χ3n) is 9.10. The van der Waals surface area contributed by atoms with Crippen LogP contribution in [-0.2, 0) is 4.79 Å². The van der Waals surface area contributed by atoms with Gasteiger partial charge in [0.2, 0.25) is 5.91 Å². The fraction of sp³-hybridized carbons (Fsp3) is 0.696. The Balaban J connectivity index is 1.38. The summed E-state index contributed by atoms with van der Waals surface area (Å²) in [6.45, 7) is 4.79. The summed E-state index contributed by atoms with van der Waals surface area (Å²) in [6.07, 6.45) is 10.9. The lowest BCUT2D eigenvalue weighted by Crippen LogP contribution is -2.60. The van der Waals surface area contributed by atoms with Crippen LogP contribution in [0.4, 0.5) is 0 Å². The van der Waals surface area contributed by atoms with Crippen LogP contribution in [0.3, 0.4) is 0 Å². The number of thiazole rings is 1. The van der Waals surface area contributed by atoms with Gasteiger partial charge in [0.25, 0.3) is 5.91 Å². The number of fused-ring (bicyclic) bond motifs is 5. The number of hydrogen-bond donors (Lipinski definition) is 1. The molecule has 29 heavy (non-hydrogen) atoms. The van der Waals surface area contributed by atoms with Crippen LogP contribution in [0.1, 0.15) is 62.9 Å². The molecule has 6 heteroatoms. The number of amides is 2. The normalized spacial score (nSPS) is 43.5. The second-order valence-corrected chi connectivity index (χ2v) is 10.9. The molecule has 0 unspecified atom stereocenters. The monoisotopic (exact) mass is 413 g/mol. The summed E-state index contributed by atoms with van der Waals surface area (Å²) in [7, 11) is 1.97. The van der Waals surface area contributed by atoms with Crippen molar-refractivity contribution in [1.29, 1.82) is 0 Å². The van der Waals surface area contributed by atoms with Crippen molar-refractivity contribution >= 4 is 23.2 Å². The fourth-order valence-corrected chi connectivity index (χ4v) is 8.06. The third-order valence-corrected chi connectivity index (χ3v) is 9.68. The van der Waals surface area contributed by atoms with E-state index in [1.807, 2.05) is 17.3 Å². The molecule has 0 spiro atoms. The summed E-state index contributed by atoms with van der Waals surface area (Å²) < 4.78 is 0. The number of likely N-dealkylation sites (N-methyl/N-ethyl adjacent to an activating group) is 1. The van der Waals surface area contributed by atoms with Crippen LogP contribution >= 0.6 is 11.3 Å². The first-order valence-electron chi connectivity index (χ1n) is 11.0. The van der Waals surface area contributed by atoms with Gasteiger partial charge in [0.1, 0.15) is 5.69 Å². The Morgan fingerprint density at radius 3 is 2.79 bits per heavy atom. The number of carbonyl (C=O) groups is 2. The summed E-state index contributed by atoms with van der Waals surface area (Å²) >= 11 is 1.47. The Morgan fingerprint density at radius 1 is 1.21 bits per heavy atom. The Hall–Kier alpha value is -1.69. The first-order chi connectivity index (χ1) is 13.8. The molecule has 0 aromatic carbocycles. The maximum Gasteiger partial charge on any atom is 0.270 e. The molecule has 0 radical (unpaired) electrons. The molecule has 3 fully saturated rings. The quantitative estimate of drug-likeness (QED) is 0.800. The van der Waals surface area contributed by atoms with E-state index in [1.54, 1.807) is 11.6 Å². The number of aromatic nitrogens is 1. The van der Waals surface area contributed by atoms with E-state index >= 15 is 0 Å². The van der Waals surface area contributed by atoms with Gasteiger partial charge in [0, 0.05) is 29.9 Å². The van der Waals surface area contributed by atoms with E-state index in [1.165, 1.54) is 30.6 Å². The number of carbonyl (C=O) groups excluding carboxylic acids is 2. The van der Waals surface area contributed by atoms with E-state index in [0.29, 0.717) is 29.5 Å². The Morgan fingerprint density at radius 2 is 2.03 bits per heavy atom. The summed E-state index contributed by atoms with van der Waals surface area (Å²) in [5.74, 6) is 2.08. The van der Waals surface area contributed by atoms with Crippen molar-refractivity contribution in [3.8, 4) is 0 Å². The number of hydrogen-bond acceptors (Lipinski definition) is 4. The van der Waals surface area contributed by atoms with Gasteiger partial charge in [-0.15, -0.1) is 11.3 Å². The Labute approximate surface area is 177 Å². The Kier molecular flexibility index (Phi) is 4.43. The molecule has 5 nitrogen and oxygen atoms in total. The molecule has 1 aromatic rings. The van der Waals surface area contributed by atoms with Gasteiger partial charge in [-0.05, 0) is 67.8 Å². The average molecular weight is 414 g/mol. The zero-order valence-electron chi connectivity index (χ0n) is 17.6. The predicted molar refractivity (Wildman–Crippen MR) is 113 cm³/mol. The van der Waals surface area contributed by atoms with Gasteiger partial charge in [0.15, 0.2) is 0 Å². The standard InChI is InChI=1S/C23H31N3O2S/c1-22-10-8-16-14(4-7-19-23(16,2)11-9-20(27)26(19)3)15(22)5-6-18(22)25-21(28)17-12-29-13-24-17/h9,11-16,18-19H,4-8,10H2,1-3H3,(H,25,28)/t14-,15-,16-,18-,19+,22-,23+/m0/s1. The average Bonchev–Trinajstić information content (AvgIpc) is 3.34. The lowest BCUT2D eigenvalue weighted by molar-refractivity contribution is -0.138. The molecule has 3 aliphatic carbocycles. The molecule has 5 rings (SSSR count). The second-order valence-electron chi connectivity index (χ2n) is 10.1. The molecule has 2 amide bonds. The van der Waals surface area contributed by atoms with Gasteiger partial charge in [0.05, 0.1) is 5.51 Å². The topological polar surface area (TPSA) is 62.3 Å². The summed E-state index contributed by atoms with van der Waals surface area (Å²) in [6, 6.07) is 0.562. The molecule has 3 saturated carbocycles. The van der Waals surface area contributed by atoms with E-state index in [2.05, 4.69) is 30.2 Å². The highest BCUT2D eigenvalue weighted by molar-refractivity contribution is 7.07. The van der Waals surface area contributed by atoms with Crippen LogP contribution in [0.15, 0.2) is 23.0 Å². The molecular weight excluding hydrogens is 382 g/mol. The van der Waals surface area contributed by atoms with E-state index in [-0.39, 0.29) is 28.7 Å². The molecule has 0 saturated heterocycles. The molecule has 156 valence electrons. The minimum atomic E-state index is -0.0220. The molecule has 7 atom stereocenters. The second kappa shape index (κ2) is 6.66. The highest BCUT2D eigenvalue weighted by Gasteiger charge is 2.60. The molecule has 1 aromatic heterocycles. The lowest BCUT2D eigenvalue weighted by Gasteiger charge is -2.60. The third kappa shape index (κ3) is 2.74. The van der Waals surface area contributed by atoms with E-state index in [9.17, 15) is 9.59 Å². The highest BCUT2D eigenvalue weighted by atomic mass is 32.1. The minimum Gasteiger partial charge on any atom is -0.347 e. The maximum absolute atomic E-state index is 12.7. The molecular formula is C23H31N3O2S. The predicted octanol–water partition coefficient (Wildman–Crippen LogP) is 3.88. The van der Waals surface area contributed by atoms with E-state index < -0.39 is 0 Å². The maximum atomic E-state index is 12.7. The van der Waals surface area contributed by atoms with Crippen LogP contribution in [0.5, 0.6) is 0 Å². The zero-order valence-corrected chi connectivity index (χ0v) is 18.4. The van der Waals surface area contributed by atoms with Crippen molar-refractivity contribution in [2.75, 3.05) is 7.05 Å². The largest absolute Gasteiger partial charge is 0.347 e. The van der Waals surface area contributed by atoms with Crippen molar-refractivity contribution < 1.29 is 9.59 Å². The van der Waals surface area contributed by atoms with Crippen LogP contribution in [0.25, 0.3) is 0 Å². The van der Waals surface area contributed by atoms with Crippen molar-refractivity contribution in [1.82, 2.24) is 15.2 Å². The lowest BCUT2D eigenvalue weighted by atomic mass is 9.48. The highest BCUT2D eigenvalue weighted by Crippen LogP contribution is 2.63. The molecule has 1 aliphatic heterocycles. The fourth-order valence-electron chi connectivity index (χ4n) is 7.53. The van der Waals surface area contributed by atoms with Crippen LogP contribution in [0, 0.1) is 28.6 Å². The van der Waals surface area contributed by atoms with Crippen molar-refractivity contribution in [3.63, 3.8) is 0 Å². The number of rotatable bonds is 2. The van der Waals surface area contributed by atoms with Gasteiger partial charge in [-0.2, -0.15) is 0 Å². The van der Waals surface area contributed by atoms with Gasteiger partial charge < -0.3 is 10.2 Å². The van der Waals surface area contributed by atoms with Crippen molar-refractivity contribution in [2.24, 2.45) is 28.6 Å². The summed E-state index contributed by atoms with van der Waals surface area (Å²) in [4.78, 5) is 31.0. The van der Waals surface area contributed by atoms with Gasteiger partial charge in [-0.1, -0.05) is 19.9 Å². The zero-order chi connectivity index (χ0) is 20.4. The van der Waals surface area contributed by atoms with Gasteiger partial charge in [-0.3, -0.25) is 9.59 Å². The molecule has 0 bridgehead atoms. The van der Waals surface area contributed by atoms with Crippen molar-refractivity contribution in [3.05, 3.63) is 28.7 Å². The SMILES string of the molecule is CN1C(=O)C=C[C@]2(C)[C@H]3CC[C@]4(C)[C@@H](NC(=O)c5cscn5)CC[C@H]4[C@@H]3CC[C@@H]12. The molecule has 2 heterocycles. The van der Waals surface area contributed by atoms with Gasteiger partial charge >= 0.3 is 0 Å². The number of nitrogens with zero attached hydrogens (tertiary/aromatic N) is 2.